The second-order valence-electron chi connectivity index (χ2n) is 11.0. The van der Waals surface area contributed by atoms with Gasteiger partial charge in [0.2, 0.25) is 5.43 Å². The highest BCUT2D eigenvalue weighted by atomic mass is 19.2. The van der Waals surface area contributed by atoms with E-state index in [0.29, 0.717) is 36.9 Å². The van der Waals surface area contributed by atoms with Crippen LogP contribution in [-0.2, 0) is 24.8 Å². The first-order valence-electron chi connectivity index (χ1n) is 13.4. The van der Waals surface area contributed by atoms with Gasteiger partial charge in [-0.25, -0.2) is 8.78 Å². The number of aryl methyl sites for hydroxylation is 1. The third-order valence-corrected chi connectivity index (χ3v) is 8.78. The Morgan fingerprint density at radius 1 is 0.925 bits per heavy atom. The third kappa shape index (κ3) is 3.38. The molecule has 40 heavy (non-hydrogen) atoms. The number of benzene rings is 3. The molecule has 202 valence electrons. The molecule has 6 nitrogen and oxygen atoms in total. The monoisotopic (exact) mass is 539 g/mol. The SMILES string of the molecule is Cc1cccc(CCN2CN(C34c5ccccc5CC3Cc3cc(F)c(F)cc34)n3ccc(=O)c(O)c3C2=O)c1. The average Bonchev–Trinajstić information content (AvgIpc) is 3.41. The number of carbonyl (C=O) groups is 1. The topological polar surface area (TPSA) is 65.8 Å². The zero-order chi connectivity index (χ0) is 27.8. The summed E-state index contributed by atoms with van der Waals surface area (Å²) in [5.41, 5.74) is 3.84. The van der Waals surface area contributed by atoms with Gasteiger partial charge in [-0.15, -0.1) is 0 Å². The second-order valence-corrected chi connectivity index (χ2v) is 11.0. The van der Waals surface area contributed by atoms with Crippen molar-refractivity contribution in [3.05, 3.63) is 134 Å². The number of amides is 1. The number of pyridine rings is 1. The number of aromatic nitrogens is 1. The summed E-state index contributed by atoms with van der Waals surface area (Å²) < 4.78 is 30.9. The highest BCUT2D eigenvalue weighted by Crippen LogP contribution is 2.57. The Bertz CT molecular complexity index is 1770. The standard InChI is InChI=1S/C32H27F2N3O3/c1-19-5-4-6-20(13-19)9-11-35-18-37(36-12-10-28(38)30(39)29(36)31(35)40)32-23(14-21-7-2-3-8-24(21)32)15-22-16-26(33)27(34)17-25(22)32/h2-8,10,12-13,16-17,23,39H,9,11,14-15,18H2,1H3. The highest BCUT2D eigenvalue weighted by Gasteiger charge is 2.59. The van der Waals surface area contributed by atoms with Gasteiger partial charge >= 0.3 is 0 Å². The fraction of sp³-hybridized carbons (Fsp3) is 0.250. The van der Waals surface area contributed by atoms with Crippen LogP contribution in [0.2, 0.25) is 0 Å². The minimum Gasteiger partial charge on any atom is -0.502 e. The van der Waals surface area contributed by atoms with Gasteiger partial charge in [0.15, 0.2) is 23.1 Å². The zero-order valence-electron chi connectivity index (χ0n) is 21.9. The van der Waals surface area contributed by atoms with E-state index in [0.717, 1.165) is 22.3 Å². The molecular weight excluding hydrogens is 512 g/mol. The molecule has 2 atom stereocenters. The van der Waals surface area contributed by atoms with Crippen LogP contribution < -0.4 is 10.4 Å². The Balaban J connectivity index is 1.43. The molecule has 1 aromatic heterocycles. The number of carbonyl (C=O) groups excluding carboxylic acids is 1. The van der Waals surface area contributed by atoms with Crippen LogP contribution in [0.1, 0.15) is 43.9 Å². The van der Waals surface area contributed by atoms with Crippen molar-refractivity contribution in [1.29, 1.82) is 0 Å². The number of aromatic hydroxyl groups is 1. The number of fused-ring (bicyclic) bond motifs is 6. The first-order valence-corrected chi connectivity index (χ1v) is 13.4. The molecular formula is C32H27F2N3O3. The molecule has 0 radical (unpaired) electrons. The molecule has 3 aromatic carbocycles. The summed E-state index contributed by atoms with van der Waals surface area (Å²) >= 11 is 0. The summed E-state index contributed by atoms with van der Waals surface area (Å²) in [6.07, 6.45) is 3.28. The van der Waals surface area contributed by atoms with Crippen LogP contribution in [0, 0.1) is 24.5 Å². The van der Waals surface area contributed by atoms with Gasteiger partial charge in [-0.3, -0.25) is 19.3 Å². The lowest BCUT2D eigenvalue weighted by molar-refractivity contribution is 0.0649. The molecule has 0 saturated heterocycles. The molecule has 0 fully saturated rings. The Kier molecular flexibility index (Phi) is 5.39. The molecule has 4 aromatic rings. The van der Waals surface area contributed by atoms with E-state index in [9.17, 15) is 23.5 Å². The number of hydrogen-bond donors (Lipinski definition) is 1. The van der Waals surface area contributed by atoms with Crippen molar-refractivity contribution in [3.63, 3.8) is 0 Å². The minimum atomic E-state index is -0.945. The van der Waals surface area contributed by atoms with Crippen LogP contribution in [0.25, 0.3) is 0 Å². The van der Waals surface area contributed by atoms with Gasteiger partial charge in [0, 0.05) is 24.7 Å². The third-order valence-electron chi connectivity index (χ3n) is 8.78. The van der Waals surface area contributed by atoms with E-state index >= 15 is 0 Å². The van der Waals surface area contributed by atoms with Crippen molar-refractivity contribution in [1.82, 2.24) is 9.58 Å². The Hall–Kier alpha value is -4.46. The molecule has 0 saturated carbocycles. The second kappa shape index (κ2) is 8.78. The molecule has 1 amide bonds. The number of hydrogen-bond acceptors (Lipinski definition) is 4. The number of rotatable bonds is 4. The lowest BCUT2D eigenvalue weighted by Crippen LogP contribution is -2.63. The summed E-state index contributed by atoms with van der Waals surface area (Å²) in [5, 5.41) is 12.9. The average molecular weight is 540 g/mol. The van der Waals surface area contributed by atoms with Crippen LogP contribution in [0.15, 0.2) is 77.7 Å². The van der Waals surface area contributed by atoms with Crippen molar-refractivity contribution in [3.8, 4) is 5.75 Å². The Morgan fingerprint density at radius 2 is 1.70 bits per heavy atom. The quantitative estimate of drug-likeness (QED) is 0.418. The Morgan fingerprint density at radius 3 is 2.52 bits per heavy atom. The summed E-state index contributed by atoms with van der Waals surface area (Å²) in [5.74, 6) is -2.99. The lowest BCUT2D eigenvalue weighted by Gasteiger charge is -2.50. The van der Waals surface area contributed by atoms with E-state index in [1.165, 1.54) is 24.4 Å². The van der Waals surface area contributed by atoms with Gasteiger partial charge in [0.05, 0.1) is 0 Å². The van der Waals surface area contributed by atoms with E-state index in [1.54, 1.807) is 9.58 Å². The molecule has 1 N–H and O–H groups in total. The predicted molar refractivity (Wildman–Crippen MR) is 146 cm³/mol. The summed E-state index contributed by atoms with van der Waals surface area (Å²) in [7, 11) is 0. The molecule has 3 aliphatic rings. The van der Waals surface area contributed by atoms with E-state index in [2.05, 4.69) is 6.07 Å². The first kappa shape index (κ1) is 24.6. The van der Waals surface area contributed by atoms with Crippen LogP contribution in [0.3, 0.4) is 0 Å². The van der Waals surface area contributed by atoms with Crippen molar-refractivity contribution in [2.24, 2.45) is 5.92 Å². The predicted octanol–water partition coefficient (Wildman–Crippen LogP) is 4.41. The summed E-state index contributed by atoms with van der Waals surface area (Å²) in [6.45, 7) is 2.48. The van der Waals surface area contributed by atoms with Crippen molar-refractivity contribution >= 4 is 5.91 Å². The zero-order valence-corrected chi connectivity index (χ0v) is 21.9. The molecule has 8 heteroatoms. The Labute approximate surface area is 229 Å². The maximum absolute atomic E-state index is 14.9. The maximum atomic E-state index is 14.9. The fourth-order valence-corrected chi connectivity index (χ4v) is 7.10. The number of halogens is 2. The van der Waals surface area contributed by atoms with Gasteiger partial charge in [-0.05, 0) is 66.1 Å². The van der Waals surface area contributed by atoms with Gasteiger partial charge in [0.25, 0.3) is 5.91 Å². The van der Waals surface area contributed by atoms with Gasteiger partial charge in [0.1, 0.15) is 12.2 Å². The molecule has 2 aliphatic carbocycles. The minimum absolute atomic E-state index is 0.0812. The smallest absolute Gasteiger partial charge is 0.277 e. The van der Waals surface area contributed by atoms with Crippen LogP contribution >= 0.6 is 0 Å². The number of nitrogens with zero attached hydrogens (tertiary/aromatic N) is 3. The van der Waals surface area contributed by atoms with E-state index in [-0.39, 0.29) is 18.3 Å². The largest absolute Gasteiger partial charge is 0.502 e. The van der Waals surface area contributed by atoms with Gasteiger partial charge in [-0.1, -0.05) is 54.1 Å². The molecule has 2 unspecified atom stereocenters. The maximum Gasteiger partial charge on any atom is 0.277 e. The molecule has 7 rings (SSSR count). The molecule has 2 heterocycles. The fourth-order valence-electron chi connectivity index (χ4n) is 7.10. The summed E-state index contributed by atoms with van der Waals surface area (Å²) in [6, 6.07) is 19.8. The van der Waals surface area contributed by atoms with Gasteiger partial charge < -0.3 is 10.0 Å². The van der Waals surface area contributed by atoms with Crippen LogP contribution in [0.4, 0.5) is 8.78 Å². The van der Waals surface area contributed by atoms with E-state index < -0.39 is 34.3 Å². The van der Waals surface area contributed by atoms with Crippen LogP contribution in [-0.4, -0.2) is 33.8 Å². The molecule has 1 aliphatic heterocycles. The molecule has 0 spiro atoms. The highest BCUT2D eigenvalue weighted by molar-refractivity contribution is 5.96. The van der Waals surface area contributed by atoms with E-state index in [1.807, 2.05) is 54.4 Å². The normalized spacial score (nSPS) is 20.8. The van der Waals surface area contributed by atoms with Crippen molar-refractivity contribution in [2.45, 2.75) is 31.7 Å². The van der Waals surface area contributed by atoms with Gasteiger partial charge in [-0.2, -0.15) is 0 Å². The van der Waals surface area contributed by atoms with Crippen molar-refractivity contribution in [2.75, 3.05) is 18.2 Å². The van der Waals surface area contributed by atoms with Crippen LogP contribution in [0.5, 0.6) is 5.75 Å². The molecule has 0 bridgehead atoms. The lowest BCUT2D eigenvalue weighted by atomic mass is 9.81. The van der Waals surface area contributed by atoms with E-state index in [4.69, 9.17) is 0 Å². The van der Waals surface area contributed by atoms with Crippen molar-refractivity contribution < 1.29 is 18.7 Å². The first-order chi connectivity index (χ1) is 19.3. The summed E-state index contributed by atoms with van der Waals surface area (Å²) in [4.78, 5) is 28.0.